The lowest BCUT2D eigenvalue weighted by atomic mass is 10.1. The number of halogens is 2. The lowest BCUT2D eigenvalue weighted by Gasteiger charge is -2.20. The first-order chi connectivity index (χ1) is 9.13. The number of benzene rings is 2. The Balaban J connectivity index is 1.88. The summed E-state index contributed by atoms with van der Waals surface area (Å²) in [6.45, 7) is 1.69. The van der Waals surface area contributed by atoms with E-state index in [0.29, 0.717) is 0 Å². The molecular weight excluding hydrogens is 307 g/mol. The van der Waals surface area contributed by atoms with Gasteiger partial charge in [-0.05, 0) is 41.8 Å². The van der Waals surface area contributed by atoms with E-state index in [4.69, 9.17) is 5.73 Å². The minimum Gasteiger partial charge on any atom is -0.399 e. The number of nitrogens with zero attached hydrogens (tertiary/aromatic N) is 1. The minimum atomic E-state index is -0.179. The van der Waals surface area contributed by atoms with Gasteiger partial charge in [-0.15, -0.1) is 0 Å². The highest BCUT2D eigenvalue weighted by atomic mass is 79.9. The Kier molecular flexibility index (Phi) is 3.19. The van der Waals surface area contributed by atoms with Crippen LogP contribution >= 0.6 is 15.9 Å². The second-order valence-corrected chi connectivity index (χ2v) is 5.65. The van der Waals surface area contributed by atoms with Gasteiger partial charge in [-0.2, -0.15) is 0 Å². The zero-order valence-electron chi connectivity index (χ0n) is 10.4. The predicted molar refractivity (Wildman–Crippen MR) is 79.7 cm³/mol. The molecule has 2 aromatic carbocycles. The Morgan fingerprint density at radius 3 is 2.84 bits per heavy atom. The fourth-order valence-corrected chi connectivity index (χ4v) is 3.00. The van der Waals surface area contributed by atoms with Crippen molar-refractivity contribution in [3.05, 3.63) is 57.8 Å². The quantitative estimate of drug-likeness (QED) is 0.854. The van der Waals surface area contributed by atoms with E-state index in [9.17, 15) is 4.39 Å². The van der Waals surface area contributed by atoms with Gasteiger partial charge in [0, 0.05) is 28.9 Å². The third-order valence-corrected chi connectivity index (χ3v) is 4.22. The van der Waals surface area contributed by atoms with Crippen LogP contribution in [0.15, 0.2) is 40.9 Å². The fourth-order valence-electron chi connectivity index (χ4n) is 2.48. The second kappa shape index (κ2) is 4.85. The molecule has 2 N–H and O–H groups in total. The molecule has 1 aliphatic rings. The Morgan fingerprint density at radius 2 is 2.05 bits per heavy atom. The molecule has 0 radical (unpaired) electrons. The first kappa shape index (κ1) is 12.5. The number of rotatable bonds is 2. The van der Waals surface area contributed by atoms with Crippen LogP contribution in [-0.2, 0) is 13.0 Å². The van der Waals surface area contributed by atoms with Gasteiger partial charge in [-0.1, -0.05) is 28.1 Å². The Labute approximate surface area is 120 Å². The Morgan fingerprint density at radius 1 is 1.21 bits per heavy atom. The fraction of sp³-hybridized carbons (Fsp3) is 0.200. The third-order valence-electron chi connectivity index (χ3n) is 3.48. The molecule has 0 unspecified atom stereocenters. The monoisotopic (exact) mass is 320 g/mol. The standard InChI is InChI=1S/C15H14BrFN2/c16-14-8-13(18)4-2-11(14)9-19-6-5-10-1-3-12(17)7-15(10)19/h1-4,7-8H,5-6,9,18H2. The molecule has 0 amide bonds. The number of anilines is 2. The van der Waals surface area contributed by atoms with E-state index in [1.807, 2.05) is 24.3 Å². The van der Waals surface area contributed by atoms with Gasteiger partial charge in [0.1, 0.15) is 5.82 Å². The molecule has 3 rings (SSSR count). The molecule has 0 saturated heterocycles. The van der Waals surface area contributed by atoms with Crippen molar-refractivity contribution in [2.75, 3.05) is 17.2 Å². The van der Waals surface area contributed by atoms with Crippen molar-refractivity contribution >= 4 is 27.3 Å². The van der Waals surface area contributed by atoms with Crippen molar-refractivity contribution in [2.45, 2.75) is 13.0 Å². The Bertz CT molecular complexity index is 628. The summed E-state index contributed by atoms with van der Waals surface area (Å²) in [7, 11) is 0. The maximum atomic E-state index is 13.4. The summed E-state index contributed by atoms with van der Waals surface area (Å²) in [6.07, 6.45) is 0.974. The predicted octanol–water partition coefficient (Wildman–Crippen LogP) is 3.73. The maximum absolute atomic E-state index is 13.4. The maximum Gasteiger partial charge on any atom is 0.125 e. The zero-order valence-corrected chi connectivity index (χ0v) is 12.0. The van der Waals surface area contributed by atoms with Crippen LogP contribution in [0, 0.1) is 5.82 Å². The average Bonchev–Trinajstić information content (AvgIpc) is 2.75. The highest BCUT2D eigenvalue weighted by Gasteiger charge is 2.20. The molecule has 0 aromatic heterocycles. The number of fused-ring (bicyclic) bond motifs is 1. The Hall–Kier alpha value is -1.55. The number of hydrogen-bond donors (Lipinski definition) is 1. The smallest absolute Gasteiger partial charge is 0.125 e. The molecule has 4 heteroatoms. The molecule has 98 valence electrons. The summed E-state index contributed by atoms with van der Waals surface area (Å²) < 4.78 is 14.4. The number of nitrogen functional groups attached to an aromatic ring is 1. The molecule has 0 bridgehead atoms. The lowest BCUT2D eigenvalue weighted by Crippen LogP contribution is -2.20. The van der Waals surface area contributed by atoms with Crippen LogP contribution in [0.2, 0.25) is 0 Å². The topological polar surface area (TPSA) is 29.3 Å². The summed E-state index contributed by atoms with van der Waals surface area (Å²) in [5.74, 6) is -0.179. The van der Waals surface area contributed by atoms with E-state index in [2.05, 4.69) is 20.8 Å². The van der Waals surface area contributed by atoms with Crippen molar-refractivity contribution in [3.8, 4) is 0 Å². The summed E-state index contributed by atoms with van der Waals surface area (Å²) >= 11 is 3.53. The minimum absolute atomic E-state index is 0.179. The molecule has 0 fully saturated rings. The molecule has 0 aliphatic carbocycles. The van der Waals surface area contributed by atoms with Gasteiger partial charge in [-0.25, -0.2) is 4.39 Å². The van der Waals surface area contributed by atoms with Crippen molar-refractivity contribution < 1.29 is 4.39 Å². The molecule has 1 heterocycles. The third kappa shape index (κ3) is 2.45. The van der Waals surface area contributed by atoms with Gasteiger partial charge in [0.25, 0.3) is 0 Å². The van der Waals surface area contributed by atoms with E-state index in [-0.39, 0.29) is 5.82 Å². The van der Waals surface area contributed by atoms with Crippen LogP contribution in [0.3, 0.4) is 0 Å². The van der Waals surface area contributed by atoms with Crippen LogP contribution in [-0.4, -0.2) is 6.54 Å². The summed E-state index contributed by atoms with van der Waals surface area (Å²) in [4.78, 5) is 2.20. The van der Waals surface area contributed by atoms with Crippen molar-refractivity contribution in [1.29, 1.82) is 0 Å². The van der Waals surface area contributed by atoms with Crippen LogP contribution in [0.4, 0.5) is 15.8 Å². The van der Waals surface area contributed by atoms with Crippen molar-refractivity contribution in [2.24, 2.45) is 0 Å². The van der Waals surface area contributed by atoms with Crippen LogP contribution in [0.5, 0.6) is 0 Å². The SMILES string of the molecule is Nc1ccc(CN2CCc3ccc(F)cc32)c(Br)c1. The van der Waals surface area contributed by atoms with Crippen LogP contribution in [0.25, 0.3) is 0 Å². The number of hydrogen-bond acceptors (Lipinski definition) is 2. The lowest BCUT2D eigenvalue weighted by molar-refractivity contribution is 0.627. The van der Waals surface area contributed by atoms with Gasteiger partial charge < -0.3 is 10.6 Å². The normalized spacial score (nSPS) is 13.7. The van der Waals surface area contributed by atoms with E-state index in [1.54, 1.807) is 6.07 Å². The van der Waals surface area contributed by atoms with E-state index < -0.39 is 0 Å². The highest BCUT2D eigenvalue weighted by Crippen LogP contribution is 2.31. The molecule has 0 saturated carbocycles. The molecule has 2 aromatic rings. The van der Waals surface area contributed by atoms with Gasteiger partial charge in [0.05, 0.1) is 0 Å². The van der Waals surface area contributed by atoms with E-state index in [0.717, 1.165) is 40.9 Å². The average molecular weight is 321 g/mol. The van der Waals surface area contributed by atoms with Gasteiger partial charge in [0.2, 0.25) is 0 Å². The summed E-state index contributed by atoms with van der Waals surface area (Å²) in [6, 6.07) is 10.8. The summed E-state index contributed by atoms with van der Waals surface area (Å²) in [5.41, 5.74) is 9.86. The first-order valence-corrected chi connectivity index (χ1v) is 7.00. The molecule has 19 heavy (non-hydrogen) atoms. The zero-order chi connectivity index (χ0) is 13.4. The van der Waals surface area contributed by atoms with Gasteiger partial charge >= 0.3 is 0 Å². The van der Waals surface area contributed by atoms with Crippen LogP contribution in [0.1, 0.15) is 11.1 Å². The molecule has 1 aliphatic heterocycles. The van der Waals surface area contributed by atoms with E-state index >= 15 is 0 Å². The van der Waals surface area contributed by atoms with Crippen LogP contribution < -0.4 is 10.6 Å². The second-order valence-electron chi connectivity index (χ2n) is 4.80. The molecule has 0 spiro atoms. The molecule has 2 nitrogen and oxygen atoms in total. The van der Waals surface area contributed by atoms with Crippen molar-refractivity contribution in [3.63, 3.8) is 0 Å². The highest BCUT2D eigenvalue weighted by molar-refractivity contribution is 9.10. The molecular formula is C15H14BrFN2. The first-order valence-electron chi connectivity index (χ1n) is 6.21. The number of nitrogens with two attached hydrogens (primary N) is 1. The summed E-state index contributed by atoms with van der Waals surface area (Å²) in [5, 5.41) is 0. The van der Waals surface area contributed by atoms with Gasteiger partial charge in [-0.3, -0.25) is 0 Å². The van der Waals surface area contributed by atoms with Crippen molar-refractivity contribution in [1.82, 2.24) is 0 Å². The van der Waals surface area contributed by atoms with Gasteiger partial charge in [0.15, 0.2) is 0 Å². The largest absolute Gasteiger partial charge is 0.399 e. The van der Waals surface area contributed by atoms with E-state index in [1.165, 1.54) is 11.6 Å². The molecule has 0 atom stereocenters.